The number of amides is 1. The van der Waals surface area contributed by atoms with Crippen LogP contribution in [0.3, 0.4) is 0 Å². The summed E-state index contributed by atoms with van der Waals surface area (Å²) < 4.78 is 16.0. The van der Waals surface area contributed by atoms with Crippen molar-refractivity contribution in [2.75, 3.05) is 31.1 Å². The number of anilines is 1. The van der Waals surface area contributed by atoms with Crippen LogP contribution in [-0.4, -0.2) is 51.6 Å². The van der Waals surface area contributed by atoms with Gasteiger partial charge in [0.25, 0.3) is 5.91 Å². The average Bonchev–Trinajstić information content (AvgIpc) is 2.91. The Hall–Kier alpha value is -2.67. The zero-order chi connectivity index (χ0) is 18.1. The molecule has 2 aromatic heterocycles. The number of rotatable bonds is 2. The lowest BCUT2D eigenvalue weighted by Gasteiger charge is -2.22. The van der Waals surface area contributed by atoms with E-state index in [-0.39, 0.29) is 16.5 Å². The van der Waals surface area contributed by atoms with Crippen molar-refractivity contribution >= 4 is 29.1 Å². The number of benzene rings is 1. The van der Waals surface area contributed by atoms with Crippen molar-refractivity contribution in [1.29, 1.82) is 0 Å². The Bertz CT molecular complexity index is 939. The summed E-state index contributed by atoms with van der Waals surface area (Å²) in [6.45, 7) is 2.33. The van der Waals surface area contributed by atoms with Gasteiger partial charge in [0, 0.05) is 32.4 Å². The zero-order valence-corrected chi connectivity index (χ0v) is 14.7. The van der Waals surface area contributed by atoms with Crippen molar-refractivity contribution in [3.05, 3.63) is 59.0 Å². The largest absolute Gasteiger partial charge is 0.339 e. The zero-order valence-electron chi connectivity index (χ0n) is 14.0. The minimum Gasteiger partial charge on any atom is -0.339 e. The lowest BCUT2D eigenvalue weighted by atomic mass is 10.1. The number of fused-ring (bicyclic) bond motifs is 1. The highest BCUT2D eigenvalue weighted by Crippen LogP contribution is 2.22. The molecule has 3 aromatic rings. The topological polar surface area (TPSA) is 53.7 Å². The first kappa shape index (κ1) is 16.8. The Morgan fingerprint density at radius 2 is 1.92 bits per heavy atom. The Morgan fingerprint density at radius 3 is 2.77 bits per heavy atom. The van der Waals surface area contributed by atoms with E-state index in [1.54, 1.807) is 4.90 Å². The standard InChI is InChI=1S/C18H17ClFN5O/c19-13-5-3-6-14(20)16(13)17(26)23-8-4-9-24(12-11-23)18-22-21-15-7-1-2-10-25(15)18/h1-3,5-7,10H,4,8-9,11-12H2. The average molecular weight is 374 g/mol. The number of hydrogen-bond donors (Lipinski definition) is 0. The van der Waals surface area contributed by atoms with Gasteiger partial charge >= 0.3 is 0 Å². The quantitative estimate of drug-likeness (QED) is 0.693. The van der Waals surface area contributed by atoms with Crippen LogP contribution in [0.5, 0.6) is 0 Å². The summed E-state index contributed by atoms with van der Waals surface area (Å²) in [7, 11) is 0. The molecule has 0 unspecified atom stereocenters. The second-order valence-corrected chi connectivity index (χ2v) is 6.57. The number of carbonyl (C=O) groups excluding carboxylic acids is 1. The molecular formula is C18H17ClFN5O. The van der Waals surface area contributed by atoms with Gasteiger partial charge in [0.15, 0.2) is 5.65 Å². The molecule has 1 saturated heterocycles. The number of pyridine rings is 1. The second kappa shape index (κ2) is 6.92. The first-order valence-corrected chi connectivity index (χ1v) is 8.81. The third kappa shape index (κ3) is 2.99. The molecule has 4 rings (SSSR count). The molecule has 0 saturated carbocycles. The van der Waals surface area contributed by atoms with E-state index < -0.39 is 5.82 Å². The Kier molecular flexibility index (Phi) is 4.46. The summed E-state index contributed by atoms with van der Waals surface area (Å²) in [6.07, 6.45) is 2.66. The highest BCUT2D eigenvalue weighted by atomic mass is 35.5. The SMILES string of the molecule is O=C(c1c(F)cccc1Cl)N1CCCN(c2nnc3ccccn23)CC1. The molecule has 0 bridgehead atoms. The number of halogens is 2. The van der Waals surface area contributed by atoms with Crippen LogP contribution >= 0.6 is 11.6 Å². The van der Waals surface area contributed by atoms with Crippen molar-refractivity contribution < 1.29 is 9.18 Å². The van der Waals surface area contributed by atoms with Crippen LogP contribution in [0.15, 0.2) is 42.6 Å². The molecule has 0 atom stereocenters. The van der Waals surface area contributed by atoms with Gasteiger partial charge in [0.05, 0.1) is 10.6 Å². The molecule has 0 N–H and O–H groups in total. The van der Waals surface area contributed by atoms with E-state index in [9.17, 15) is 9.18 Å². The van der Waals surface area contributed by atoms with E-state index in [1.807, 2.05) is 28.8 Å². The second-order valence-electron chi connectivity index (χ2n) is 6.16. The lowest BCUT2D eigenvalue weighted by Crippen LogP contribution is -2.36. The number of nitrogens with zero attached hydrogens (tertiary/aromatic N) is 5. The number of aromatic nitrogens is 3. The van der Waals surface area contributed by atoms with Crippen LogP contribution in [0, 0.1) is 5.82 Å². The number of hydrogen-bond acceptors (Lipinski definition) is 4. The smallest absolute Gasteiger partial charge is 0.258 e. The van der Waals surface area contributed by atoms with Gasteiger partial charge in [-0.25, -0.2) is 4.39 Å². The van der Waals surface area contributed by atoms with Gasteiger partial charge < -0.3 is 9.80 Å². The maximum absolute atomic E-state index is 14.1. The third-order valence-corrected chi connectivity index (χ3v) is 4.85. The van der Waals surface area contributed by atoms with Crippen LogP contribution in [0.2, 0.25) is 5.02 Å². The fraction of sp³-hybridized carbons (Fsp3) is 0.278. The summed E-state index contributed by atoms with van der Waals surface area (Å²) in [5, 5.41) is 8.58. The molecule has 1 amide bonds. The van der Waals surface area contributed by atoms with E-state index in [2.05, 4.69) is 15.1 Å². The summed E-state index contributed by atoms with van der Waals surface area (Å²) in [6, 6.07) is 10.0. The molecule has 0 spiro atoms. The molecule has 8 heteroatoms. The van der Waals surface area contributed by atoms with Crippen molar-refractivity contribution in [2.24, 2.45) is 0 Å². The number of carbonyl (C=O) groups is 1. The predicted molar refractivity (Wildman–Crippen MR) is 97.1 cm³/mol. The van der Waals surface area contributed by atoms with E-state index in [0.29, 0.717) is 19.6 Å². The molecule has 26 heavy (non-hydrogen) atoms. The van der Waals surface area contributed by atoms with Crippen LogP contribution < -0.4 is 4.90 Å². The predicted octanol–water partition coefficient (Wildman–Crippen LogP) is 2.87. The van der Waals surface area contributed by atoms with Gasteiger partial charge in [-0.2, -0.15) is 0 Å². The molecule has 1 aliphatic heterocycles. The van der Waals surface area contributed by atoms with Crippen LogP contribution in [0.4, 0.5) is 10.3 Å². The van der Waals surface area contributed by atoms with Gasteiger partial charge in [0.1, 0.15) is 5.82 Å². The van der Waals surface area contributed by atoms with E-state index >= 15 is 0 Å². The third-order valence-electron chi connectivity index (χ3n) is 4.54. The van der Waals surface area contributed by atoms with Crippen LogP contribution in [0.25, 0.3) is 5.65 Å². The molecule has 1 aromatic carbocycles. The van der Waals surface area contributed by atoms with Crippen LogP contribution in [0.1, 0.15) is 16.8 Å². The van der Waals surface area contributed by atoms with Gasteiger partial charge in [-0.3, -0.25) is 9.20 Å². The molecule has 6 nitrogen and oxygen atoms in total. The van der Waals surface area contributed by atoms with Gasteiger partial charge in [-0.15, -0.1) is 10.2 Å². The minimum absolute atomic E-state index is 0.0597. The van der Waals surface area contributed by atoms with Gasteiger partial charge in [-0.1, -0.05) is 23.7 Å². The maximum atomic E-state index is 14.1. The Balaban J connectivity index is 1.54. The van der Waals surface area contributed by atoms with E-state index in [1.165, 1.54) is 18.2 Å². The van der Waals surface area contributed by atoms with E-state index in [0.717, 1.165) is 24.6 Å². The summed E-state index contributed by atoms with van der Waals surface area (Å²) in [5.41, 5.74) is 0.716. The molecule has 1 fully saturated rings. The normalized spacial score (nSPS) is 15.3. The fourth-order valence-electron chi connectivity index (χ4n) is 3.23. The minimum atomic E-state index is -0.591. The maximum Gasteiger partial charge on any atom is 0.258 e. The van der Waals surface area contributed by atoms with Crippen molar-refractivity contribution in [2.45, 2.75) is 6.42 Å². The van der Waals surface area contributed by atoms with Crippen molar-refractivity contribution in [3.8, 4) is 0 Å². The van der Waals surface area contributed by atoms with E-state index in [4.69, 9.17) is 11.6 Å². The molecule has 0 radical (unpaired) electrons. The molecule has 1 aliphatic rings. The molecule has 0 aliphatic carbocycles. The monoisotopic (exact) mass is 373 g/mol. The highest BCUT2D eigenvalue weighted by molar-refractivity contribution is 6.33. The first-order chi connectivity index (χ1) is 12.6. The van der Waals surface area contributed by atoms with Crippen LogP contribution in [-0.2, 0) is 0 Å². The molecule has 3 heterocycles. The van der Waals surface area contributed by atoms with Crippen molar-refractivity contribution in [1.82, 2.24) is 19.5 Å². The Morgan fingerprint density at radius 1 is 1.04 bits per heavy atom. The highest BCUT2D eigenvalue weighted by Gasteiger charge is 2.25. The summed E-state index contributed by atoms with van der Waals surface area (Å²) in [5.74, 6) is -0.216. The van der Waals surface area contributed by atoms with Gasteiger partial charge in [0.2, 0.25) is 5.95 Å². The lowest BCUT2D eigenvalue weighted by molar-refractivity contribution is 0.0762. The van der Waals surface area contributed by atoms with Crippen molar-refractivity contribution in [3.63, 3.8) is 0 Å². The summed E-state index contributed by atoms with van der Waals surface area (Å²) in [4.78, 5) is 16.5. The van der Waals surface area contributed by atoms with Gasteiger partial charge in [-0.05, 0) is 30.7 Å². The molecular weight excluding hydrogens is 357 g/mol. The fourth-order valence-corrected chi connectivity index (χ4v) is 3.47. The Labute approximate surface area is 154 Å². The molecule has 134 valence electrons. The first-order valence-electron chi connectivity index (χ1n) is 8.43. The summed E-state index contributed by atoms with van der Waals surface area (Å²) >= 11 is 6.04.